The second-order valence-corrected chi connectivity index (χ2v) is 4.56. The minimum absolute atomic E-state index is 0.845. The first kappa shape index (κ1) is 9.53. The molecule has 0 bridgehead atoms. The van der Waals surface area contributed by atoms with Gasteiger partial charge in [0.25, 0.3) is 0 Å². The fraction of sp³-hybridized carbons (Fsp3) is 0.333. The van der Waals surface area contributed by atoms with Gasteiger partial charge in [0.1, 0.15) is 12.7 Å². The Hall–Kier alpha value is -1.02. The van der Waals surface area contributed by atoms with Gasteiger partial charge in [-0.2, -0.15) is 10.2 Å². The van der Waals surface area contributed by atoms with Crippen molar-refractivity contribution in [3.05, 3.63) is 12.7 Å². The van der Waals surface area contributed by atoms with E-state index in [2.05, 4.69) is 20.2 Å². The van der Waals surface area contributed by atoms with Gasteiger partial charge in [-0.1, -0.05) is 0 Å². The lowest BCUT2D eigenvalue weighted by Crippen LogP contribution is -1.93. The summed E-state index contributed by atoms with van der Waals surface area (Å²) in [4.78, 5) is 8.16. The van der Waals surface area contributed by atoms with E-state index in [0.29, 0.717) is 0 Å². The third-order valence-electron chi connectivity index (χ3n) is 1.53. The second kappa shape index (κ2) is 4.01. The lowest BCUT2D eigenvalue weighted by atomic mass is 11.2. The number of aryl methyl sites for hydroxylation is 2. The summed E-state index contributed by atoms with van der Waals surface area (Å²) in [5, 5.41) is 9.63. The topological polar surface area (TPSA) is 61.4 Å². The lowest BCUT2D eigenvalue weighted by molar-refractivity contribution is 0.684. The summed E-state index contributed by atoms with van der Waals surface area (Å²) in [5.74, 6) is 0. The molecule has 0 atom stereocenters. The Kier molecular flexibility index (Phi) is 2.73. The summed E-state index contributed by atoms with van der Waals surface area (Å²) in [7, 11) is 6.72. The Balaban J connectivity index is 2.02. The number of nitrogens with zero attached hydrogens (tertiary/aromatic N) is 6. The molecule has 2 aromatic heterocycles. The number of rotatable bonds is 3. The van der Waals surface area contributed by atoms with Gasteiger partial charge in [-0.25, -0.2) is 19.3 Å². The Bertz CT molecular complexity index is 381. The van der Waals surface area contributed by atoms with Crippen molar-refractivity contribution in [3.63, 3.8) is 0 Å². The van der Waals surface area contributed by atoms with E-state index in [-0.39, 0.29) is 0 Å². The van der Waals surface area contributed by atoms with Crippen LogP contribution in [0.1, 0.15) is 0 Å². The molecule has 6 nitrogen and oxygen atoms in total. The molecule has 14 heavy (non-hydrogen) atoms. The molecule has 0 N–H and O–H groups in total. The van der Waals surface area contributed by atoms with Crippen LogP contribution in [0.25, 0.3) is 0 Å². The standard InChI is InChI=1S/C6H8N6S2/c1-11-5(7-3-9-11)13-14-6-8-4-10-12(6)2/h3-4H,1-2H3. The van der Waals surface area contributed by atoms with Crippen LogP contribution in [0.3, 0.4) is 0 Å². The van der Waals surface area contributed by atoms with E-state index in [1.807, 2.05) is 14.1 Å². The molecular formula is C6H8N6S2. The number of aromatic nitrogens is 6. The van der Waals surface area contributed by atoms with Crippen LogP contribution in [0.2, 0.25) is 0 Å². The lowest BCUT2D eigenvalue weighted by Gasteiger charge is -1.98. The first-order valence-electron chi connectivity index (χ1n) is 3.80. The predicted octanol–water partition coefficient (Wildman–Crippen LogP) is 0.743. The van der Waals surface area contributed by atoms with Gasteiger partial charge in [0, 0.05) is 14.1 Å². The number of hydrogen-bond donors (Lipinski definition) is 0. The van der Waals surface area contributed by atoms with Crippen LogP contribution < -0.4 is 0 Å². The summed E-state index contributed by atoms with van der Waals surface area (Å²) in [6.07, 6.45) is 3.05. The molecule has 0 fully saturated rings. The summed E-state index contributed by atoms with van der Waals surface area (Å²) >= 11 is 0. The van der Waals surface area contributed by atoms with E-state index < -0.39 is 0 Å². The zero-order valence-electron chi connectivity index (χ0n) is 7.65. The van der Waals surface area contributed by atoms with Crippen LogP contribution in [0.4, 0.5) is 0 Å². The highest BCUT2D eigenvalue weighted by atomic mass is 33.1. The second-order valence-electron chi connectivity index (χ2n) is 2.50. The molecule has 0 spiro atoms. The maximum Gasteiger partial charge on any atom is 0.197 e. The SMILES string of the molecule is Cn1ncnc1SSc1ncnn1C. The highest BCUT2D eigenvalue weighted by Crippen LogP contribution is 2.33. The molecule has 0 radical (unpaired) electrons. The van der Waals surface area contributed by atoms with Gasteiger partial charge in [0.05, 0.1) is 0 Å². The highest BCUT2D eigenvalue weighted by Gasteiger charge is 2.06. The molecule has 0 aliphatic heterocycles. The van der Waals surface area contributed by atoms with Gasteiger partial charge >= 0.3 is 0 Å². The summed E-state index contributed by atoms with van der Waals surface area (Å²) < 4.78 is 3.43. The molecule has 74 valence electrons. The van der Waals surface area contributed by atoms with Crippen LogP contribution in [0, 0.1) is 0 Å². The Morgan fingerprint density at radius 1 is 0.929 bits per heavy atom. The summed E-state index contributed by atoms with van der Waals surface area (Å²) in [6, 6.07) is 0. The predicted molar refractivity (Wildman–Crippen MR) is 53.7 cm³/mol. The van der Waals surface area contributed by atoms with Crippen molar-refractivity contribution >= 4 is 21.6 Å². The first-order valence-corrected chi connectivity index (χ1v) is 5.95. The molecule has 2 rings (SSSR count). The van der Waals surface area contributed by atoms with Crippen molar-refractivity contribution in [2.75, 3.05) is 0 Å². The van der Waals surface area contributed by atoms with Crippen molar-refractivity contribution in [1.29, 1.82) is 0 Å². The fourth-order valence-electron chi connectivity index (χ4n) is 0.797. The minimum atomic E-state index is 0.845. The van der Waals surface area contributed by atoms with Crippen molar-refractivity contribution in [3.8, 4) is 0 Å². The molecular weight excluding hydrogens is 220 g/mol. The van der Waals surface area contributed by atoms with E-state index in [1.54, 1.807) is 9.36 Å². The zero-order chi connectivity index (χ0) is 9.97. The molecule has 0 aromatic carbocycles. The molecule has 0 amide bonds. The molecule has 0 saturated carbocycles. The largest absolute Gasteiger partial charge is 0.243 e. The van der Waals surface area contributed by atoms with Gasteiger partial charge in [0.15, 0.2) is 10.3 Å². The van der Waals surface area contributed by atoms with Crippen LogP contribution in [-0.4, -0.2) is 29.5 Å². The Labute approximate surface area is 88.5 Å². The van der Waals surface area contributed by atoms with Crippen LogP contribution in [-0.2, 0) is 14.1 Å². The quantitative estimate of drug-likeness (QED) is 0.722. The third kappa shape index (κ3) is 1.90. The van der Waals surface area contributed by atoms with E-state index in [9.17, 15) is 0 Å². The van der Waals surface area contributed by atoms with Crippen LogP contribution in [0.5, 0.6) is 0 Å². The summed E-state index contributed by atoms with van der Waals surface area (Å²) in [5.41, 5.74) is 0. The minimum Gasteiger partial charge on any atom is -0.243 e. The van der Waals surface area contributed by atoms with Gasteiger partial charge in [-0.3, -0.25) is 0 Å². The monoisotopic (exact) mass is 228 g/mol. The normalized spacial score (nSPS) is 10.7. The van der Waals surface area contributed by atoms with E-state index in [1.165, 1.54) is 34.2 Å². The Morgan fingerprint density at radius 2 is 1.36 bits per heavy atom. The molecule has 2 aromatic rings. The van der Waals surface area contributed by atoms with Gasteiger partial charge in [0.2, 0.25) is 0 Å². The fourth-order valence-corrected chi connectivity index (χ4v) is 2.79. The van der Waals surface area contributed by atoms with Crippen molar-refractivity contribution in [2.45, 2.75) is 10.3 Å². The van der Waals surface area contributed by atoms with Crippen LogP contribution in [0.15, 0.2) is 23.0 Å². The first-order chi connectivity index (χ1) is 6.77. The van der Waals surface area contributed by atoms with E-state index in [0.717, 1.165) is 10.3 Å². The zero-order valence-corrected chi connectivity index (χ0v) is 9.29. The molecule has 0 unspecified atom stereocenters. The average Bonchev–Trinajstić information content (AvgIpc) is 2.72. The van der Waals surface area contributed by atoms with Gasteiger partial charge < -0.3 is 0 Å². The smallest absolute Gasteiger partial charge is 0.197 e. The Morgan fingerprint density at radius 3 is 1.64 bits per heavy atom. The van der Waals surface area contributed by atoms with E-state index >= 15 is 0 Å². The highest BCUT2D eigenvalue weighted by molar-refractivity contribution is 8.76. The molecule has 2 heterocycles. The van der Waals surface area contributed by atoms with Crippen LogP contribution >= 0.6 is 21.6 Å². The molecule has 0 aliphatic carbocycles. The summed E-state index contributed by atoms with van der Waals surface area (Å²) in [6.45, 7) is 0. The van der Waals surface area contributed by atoms with Gasteiger partial charge in [-0.05, 0) is 21.6 Å². The average molecular weight is 228 g/mol. The van der Waals surface area contributed by atoms with Crippen molar-refractivity contribution in [2.24, 2.45) is 14.1 Å². The third-order valence-corrected chi connectivity index (χ3v) is 3.80. The van der Waals surface area contributed by atoms with Crippen molar-refractivity contribution < 1.29 is 0 Å². The van der Waals surface area contributed by atoms with E-state index in [4.69, 9.17) is 0 Å². The maximum atomic E-state index is 4.08. The molecule has 0 saturated heterocycles. The molecule has 8 heteroatoms. The maximum absolute atomic E-state index is 4.08. The van der Waals surface area contributed by atoms with Crippen molar-refractivity contribution in [1.82, 2.24) is 29.5 Å². The molecule has 0 aliphatic rings. The number of hydrogen-bond acceptors (Lipinski definition) is 6. The van der Waals surface area contributed by atoms with Gasteiger partial charge in [-0.15, -0.1) is 0 Å².